The molecule has 4 aliphatic rings. The number of carbonyl (C=O) groups is 3. The van der Waals surface area contributed by atoms with Gasteiger partial charge in [-0.05, 0) is 25.7 Å². The molecule has 0 radical (unpaired) electrons. The lowest BCUT2D eigenvalue weighted by molar-refractivity contribution is -0.154. The number of nitrogens with zero attached hydrogens (tertiary/aromatic N) is 3. The molecule has 1 N–H and O–H groups in total. The second-order valence-electron chi connectivity index (χ2n) is 10.4. The van der Waals surface area contributed by atoms with E-state index in [1.165, 1.54) is 0 Å². The van der Waals surface area contributed by atoms with Gasteiger partial charge < -0.3 is 24.4 Å². The van der Waals surface area contributed by atoms with Gasteiger partial charge >= 0.3 is 5.97 Å². The largest absolute Gasteiger partial charge is 0.465 e. The van der Waals surface area contributed by atoms with E-state index in [9.17, 15) is 19.5 Å². The summed E-state index contributed by atoms with van der Waals surface area (Å²) >= 11 is 5.38. The molecule has 0 aromatic heterocycles. The quantitative estimate of drug-likeness (QED) is 0.137. The standard InChI is InChI=1S/C27H40BrN3O6S/c1-3-5-6-15-37-26(35)20-21-24(33)31(9-7-14-32)23(27(21)18-19(28)22(20)38-27)25(34)30(8-4-2)11-10-29-12-16-36-17-13-29/h3-4,19-23,32H,1-2,5-18H2/t19?,20-,21+,22-,23?,27?/m1/s1. The monoisotopic (exact) mass is 613 g/mol. The van der Waals surface area contributed by atoms with Crippen molar-refractivity contribution in [2.24, 2.45) is 11.8 Å². The zero-order valence-corrected chi connectivity index (χ0v) is 24.4. The van der Waals surface area contributed by atoms with E-state index in [4.69, 9.17) is 9.47 Å². The van der Waals surface area contributed by atoms with Crippen molar-refractivity contribution < 1.29 is 29.0 Å². The summed E-state index contributed by atoms with van der Waals surface area (Å²) < 4.78 is 10.4. The van der Waals surface area contributed by atoms with Gasteiger partial charge in [-0.1, -0.05) is 28.1 Å². The Morgan fingerprint density at radius 3 is 2.68 bits per heavy atom. The van der Waals surface area contributed by atoms with Gasteiger partial charge in [0.05, 0.1) is 36.4 Å². The summed E-state index contributed by atoms with van der Waals surface area (Å²) in [7, 11) is 0. The Morgan fingerprint density at radius 1 is 1.24 bits per heavy atom. The molecule has 6 atom stereocenters. The molecule has 4 fully saturated rings. The first-order chi connectivity index (χ1) is 18.4. The Labute approximate surface area is 238 Å². The third-order valence-corrected chi connectivity index (χ3v) is 11.3. The number of halogens is 1. The maximum atomic E-state index is 14.3. The lowest BCUT2D eigenvalue weighted by Crippen LogP contribution is -2.56. The van der Waals surface area contributed by atoms with Crippen LogP contribution in [0, 0.1) is 11.8 Å². The van der Waals surface area contributed by atoms with E-state index in [1.807, 2.05) is 0 Å². The van der Waals surface area contributed by atoms with Crippen LogP contribution in [0.15, 0.2) is 25.3 Å². The Kier molecular flexibility index (Phi) is 10.4. The number of aliphatic hydroxyl groups excluding tert-OH is 1. The molecule has 212 valence electrons. The number of carbonyl (C=O) groups excluding carboxylic acids is 3. The maximum absolute atomic E-state index is 14.3. The molecular formula is C27H40BrN3O6S. The van der Waals surface area contributed by atoms with Crippen molar-refractivity contribution in [2.45, 2.75) is 46.5 Å². The zero-order valence-electron chi connectivity index (χ0n) is 22.0. The summed E-state index contributed by atoms with van der Waals surface area (Å²) in [6.07, 6.45) is 5.93. The number of fused-ring (bicyclic) bond motifs is 1. The first-order valence-corrected chi connectivity index (χ1v) is 15.4. The molecule has 3 unspecified atom stereocenters. The topological polar surface area (TPSA) is 99.6 Å². The first-order valence-electron chi connectivity index (χ1n) is 13.6. The van der Waals surface area contributed by atoms with Gasteiger partial charge in [-0.25, -0.2) is 0 Å². The third-order valence-electron chi connectivity index (χ3n) is 8.10. The van der Waals surface area contributed by atoms with Gasteiger partial charge in [0, 0.05) is 56.0 Å². The molecule has 1 spiro atoms. The van der Waals surface area contributed by atoms with Crippen LogP contribution >= 0.6 is 27.7 Å². The smallest absolute Gasteiger partial charge is 0.310 e. The molecular weight excluding hydrogens is 574 g/mol. The Balaban J connectivity index is 1.59. The highest BCUT2D eigenvalue weighted by molar-refractivity contribution is 9.09. The second-order valence-corrected chi connectivity index (χ2v) is 13.1. The lowest BCUT2D eigenvalue weighted by Gasteiger charge is -2.38. The number of thioether (sulfide) groups is 1. The van der Waals surface area contributed by atoms with Crippen LogP contribution in [0.1, 0.15) is 25.7 Å². The fourth-order valence-electron chi connectivity index (χ4n) is 6.36. The molecule has 2 amide bonds. The predicted molar refractivity (Wildman–Crippen MR) is 150 cm³/mol. The molecule has 0 saturated carbocycles. The predicted octanol–water partition coefficient (Wildman–Crippen LogP) is 1.69. The SMILES string of the molecule is C=CCCCOC(=O)[C@H]1[C@@H]2SC3(CC2Br)C(C(=O)N(CC=C)CCN2CCOCC2)N(CCCO)C(=O)[C@H]13. The highest BCUT2D eigenvalue weighted by Crippen LogP contribution is 2.68. The van der Waals surface area contributed by atoms with Crippen LogP contribution in [0.3, 0.4) is 0 Å². The molecule has 4 saturated heterocycles. The first kappa shape index (κ1) is 29.6. The summed E-state index contributed by atoms with van der Waals surface area (Å²) in [5.74, 6) is -1.87. The molecule has 0 aromatic carbocycles. The highest BCUT2D eigenvalue weighted by Gasteiger charge is 2.76. The minimum absolute atomic E-state index is 0.00317. The van der Waals surface area contributed by atoms with Crippen LogP contribution < -0.4 is 0 Å². The number of rotatable bonds is 14. The van der Waals surface area contributed by atoms with E-state index in [-0.39, 0.29) is 47.6 Å². The maximum Gasteiger partial charge on any atom is 0.310 e. The summed E-state index contributed by atoms with van der Waals surface area (Å²) in [6, 6.07) is -0.704. The highest BCUT2D eigenvalue weighted by atomic mass is 79.9. The average molecular weight is 615 g/mol. The molecule has 9 nitrogen and oxygen atoms in total. The van der Waals surface area contributed by atoms with Crippen molar-refractivity contribution in [3.63, 3.8) is 0 Å². The minimum atomic E-state index is -0.717. The van der Waals surface area contributed by atoms with Gasteiger partial charge in [-0.15, -0.1) is 24.9 Å². The van der Waals surface area contributed by atoms with E-state index in [0.717, 1.165) is 19.5 Å². The number of esters is 1. The summed E-state index contributed by atoms with van der Waals surface area (Å²) in [6.45, 7) is 12.7. The van der Waals surface area contributed by atoms with Crippen molar-refractivity contribution >= 4 is 45.5 Å². The van der Waals surface area contributed by atoms with Crippen molar-refractivity contribution in [1.29, 1.82) is 0 Å². The van der Waals surface area contributed by atoms with Gasteiger partial charge in [-0.2, -0.15) is 0 Å². The molecule has 4 rings (SSSR count). The molecule has 4 aliphatic heterocycles. The van der Waals surface area contributed by atoms with E-state index < -0.39 is 22.6 Å². The van der Waals surface area contributed by atoms with Crippen molar-refractivity contribution in [2.75, 3.05) is 65.7 Å². The van der Waals surface area contributed by atoms with E-state index in [2.05, 4.69) is 34.0 Å². The van der Waals surface area contributed by atoms with Gasteiger partial charge in [-0.3, -0.25) is 19.3 Å². The number of unbranched alkanes of at least 4 members (excludes halogenated alkanes) is 1. The van der Waals surface area contributed by atoms with Gasteiger partial charge in [0.15, 0.2) is 0 Å². The Morgan fingerprint density at radius 2 is 2.00 bits per heavy atom. The summed E-state index contributed by atoms with van der Waals surface area (Å²) in [5, 5.41) is 9.43. The van der Waals surface area contributed by atoms with Crippen LogP contribution in [0.2, 0.25) is 0 Å². The molecule has 2 bridgehead atoms. The molecule has 4 heterocycles. The number of aliphatic hydroxyl groups is 1. The summed E-state index contributed by atoms with van der Waals surface area (Å²) in [4.78, 5) is 47.3. The fourth-order valence-corrected chi connectivity index (χ4v) is 9.96. The minimum Gasteiger partial charge on any atom is -0.465 e. The number of likely N-dealkylation sites (tertiary alicyclic amines) is 1. The van der Waals surface area contributed by atoms with E-state index in [0.29, 0.717) is 52.1 Å². The van der Waals surface area contributed by atoms with E-state index >= 15 is 0 Å². The second kappa shape index (κ2) is 13.3. The number of allylic oxidation sites excluding steroid dienone is 1. The summed E-state index contributed by atoms with van der Waals surface area (Å²) in [5.41, 5.74) is 0. The van der Waals surface area contributed by atoms with Crippen molar-refractivity contribution in [3.8, 4) is 0 Å². The third kappa shape index (κ3) is 5.73. The number of morpholine rings is 1. The number of alkyl halides is 1. The fraction of sp³-hybridized carbons (Fsp3) is 0.741. The number of ether oxygens (including phenoxy) is 2. The van der Waals surface area contributed by atoms with Gasteiger partial charge in [0.2, 0.25) is 11.8 Å². The van der Waals surface area contributed by atoms with Gasteiger partial charge in [0.25, 0.3) is 0 Å². The van der Waals surface area contributed by atoms with Gasteiger partial charge in [0.1, 0.15) is 6.04 Å². The van der Waals surface area contributed by atoms with Crippen LogP contribution in [0.25, 0.3) is 0 Å². The Hall–Kier alpha value is -1.40. The number of amides is 2. The van der Waals surface area contributed by atoms with Crippen molar-refractivity contribution in [3.05, 3.63) is 25.3 Å². The number of hydrogen-bond donors (Lipinski definition) is 1. The molecule has 0 aromatic rings. The average Bonchev–Trinajstić information content (AvgIpc) is 3.51. The Bertz CT molecular complexity index is 902. The zero-order chi connectivity index (χ0) is 27.3. The van der Waals surface area contributed by atoms with Crippen molar-refractivity contribution in [1.82, 2.24) is 14.7 Å². The van der Waals surface area contributed by atoms with E-state index in [1.54, 1.807) is 33.7 Å². The molecule has 0 aliphatic carbocycles. The lowest BCUT2D eigenvalue weighted by atomic mass is 9.71. The van der Waals surface area contributed by atoms with Crippen LogP contribution in [-0.4, -0.2) is 124 Å². The van der Waals surface area contributed by atoms with Crippen LogP contribution in [0.5, 0.6) is 0 Å². The van der Waals surface area contributed by atoms with Crippen LogP contribution in [0.4, 0.5) is 0 Å². The molecule has 11 heteroatoms. The van der Waals surface area contributed by atoms with Crippen LogP contribution in [-0.2, 0) is 23.9 Å². The number of hydrogen-bond acceptors (Lipinski definition) is 8. The normalized spacial score (nSPS) is 32.3. The molecule has 38 heavy (non-hydrogen) atoms.